The maximum absolute atomic E-state index is 12.6. The number of hydrogen-bond acceptors (Lipinski definition) is 5. The molecular formula is C21H23N5O. The number of aromatic nitrogens is 3. The van der Waals surface area contributed by atoms with E-state index >= 15 is 0 Å². The van der Waals surface area contributed by atoms with Crippen LogP contribution in [0, 0.1) is 0 Å². The van der Waals surface area contributed by atoms with Gasteiger partial charge in [-0.25, -0.2) is 9.97 Å². The molecule has 0 aliphatic heterocycles. The van der Waals surface area contributed by atoms with Crippen LogP contribution < -0.4 is 10.6 Å². The summed E-state index contributed by atoms with van der Waals surface area (Å²) in [6.45, 7) is 0. The van der Waals surface area contributed by atoms with Crippen molar-refractivity contribution >= 4 is 28.4 Å². The SMILES string of the molecule is O=C(NC1CCCCCC1)c1ccnc(Nc2cccc3cccnc23)n1. The van der Waals surface area contributed by atoms with Crippen LogP contribution in [0.2, 0.25) is 0 Å². The standard InChI is InChI=1S/C21H23N5O/c27-20(24-16-9-3-1-2-4-10-16)18-12-14-23-21(26-18)25-17-11-5-7-15-8-6-13-22-19(15)17/h5-8,11-14,16H,1-4,9-10H2,(H,24,27)(H,23,25,26). The first-order valence-corrected chi connectivity index (χ1v) is 9.54. The summed E-state index contributed by atoms with van der Waals surface area (Å²) < 4.78 is 0. The Kier molecular flexibility index (Phi) is 5.23. The zero-order valence-corrected chi connectivity index (χ0v) is 15.2. The average Bonchev–Trinajstić information content (AvgIpc) is 2.97. The number of fused-ring (bicyclic) bond motifs is 1. The fourth-order valence-corrected chi connectivity index (χ4v) is 3.55. The summed E-state index contributed by atoms with van der Waals surface area (Å²) >= 11 is 0. The van der Waals surface area contributed by atoms with E-state index in [1.807, 2.05) is 30.3 Å². The third kappa shape index (κ3) is 4.22. The van der Waals surface area contributed by atoms with Gasteiger partial charge in [-0.1, -0.05) is 43.9 Å². The van der Waals surface area contributed by atoms with Crippen molar-refractivity contribution in [1.29, 1.82) is 0 Å². The van der Waals surface area contributed by atoms with Crippen LogP contribution in [0.4, 0.5) is 11.6 Å². The van der Waals surface area contributed by atoms with Gasteiger partial charge < -0.3 is 10.6 Å². The lowest BCUT2D eigenvalue weighted by Crippen LogP contribution is -2.35. The molecule has 6 nitrogen and oxygen atoms in total. The molecule has 2 aromatic heterocycles. The third-order valence-corrected chi connectivity index (χ3v) is 4.96. The Morgan fingerprint density at radius 3 is 2.59 bits per heavy atom. The highest BCUT2D eigenvalue weighted by Gasteiger charge is 2.17. The van der Waals surface area contributed by atoms with Gasteiger partial charge in [0.1, 0.15) is 5.69 Å². The van der Waals surface area contributed by atoms with E-state index in [1.165, 1.54) is 25.7 Å². The molecule has 27 heavy (non-hydrogen) atoms. The molecule has 1 aromatic carbocycles. The molecule has 4 rings (SSSR count). The molecule has 1 aliphatic rings. The molecular weight excluding hydrogens is 338 g/mol. The first kappa shape index (κ1) is 17.4. The van der Waals surface area contributed by atoms with Crippen LogP contribution in [-0.2, 0) is 0 Å². The van der Waals surface area contributed by atoms with Gasteiger partial charge in [0.15, 0.2) is 0 Å². The zero-order chi connectivity index (χ0) is 18.5. The predicted octanol–water partition coefficient (Wildman–Crippen LogP) is 4.22. The molecule has 0 bridgehead atoms. The lowest BCUT2D eigenvalue weighted by molar-refractivity contribution is 0.0928. The maximum atomic E-state index is 12.6. The monoisotopic (exact) mass is 361 g/mol. The first-order chi connectivity index (χ1) is 13.3. The zero-order valence-electron chi connectivity index (χ0n) is 15.2. The summed E-state index contributed by atoms with van der Waals surface area (Å²) in [4.78, 5) is 25.7. The largest absolute Gasteiger partial charge is 0.348 e. The van der Waals surface area contributed by atoms with E-state index < -0.39 is 0 Å². The number of rotatable bonds is 4. The van der Waals surface area contributed by atoms with Crippen LogP contribution in [-0.4, -0.2) is 26.9 Å². The number of hydrogen-bond donors (Lipinski definition) is 2. The molecule has 2 N–H and O–H groups in total. The number of benzene rings is 1. The van der Waals surface area contributed by atoms with Crippen molar-refractivity contribution < 1.29 is 4.79 Å². The van der Waals surface area contributed by atoms with Gasteiger partial charge in [-0.2, -0.15) is 0 Å². The summed E-state index contributed by atoms with van der Waals surface area (Å²) in [5.74, 6) is 0.255. The Hall–Kier alpha value is -3.02. The highest BCUT2D eigenvalue weighted by Crippen LogP contribution is 2.23. The van der Waals surface area contributed by atoms with Crippen LogP contribution in [0.25, 0.3) is 10.9 Å². The van der Waals surface area contributed by atoms with Crippen molar-refractivity contribution in [3.05, 3.63) is 54.5 Å². The van der Waals surface area contributed by atoms with Gasteiger partial charge in [0.05, 0.1) is 11.2 Å². The summed E-state index contributed by atoms with van der Waals surface area (Å²) in [6, 6.07) is 11.7. The highest BCUT2D eigenvalue weighted by molar-refractivity contribution is 5.93. The van der Waals surface area contributed by atoms with Gasteiger partial charge in [0, 0.05) is 23.8 Å². The summed E-state index contributed by atoms with van der Waals surface area (Å²) in [5.41, 5.74) is 2.04. The average molecular weight is 361 g/mol. The maximum Gasteiger partial charge on any atom is 0.270 e. The summed E-state index contributed by atoms with van der Waals surface area (Å²) in [7, 11) is 0. The van der Waals surface area contributed by atoms with E-state index in [4.69, 9.17) is 0 Å². The number of carbonyl (C=O) groups excluding carboxylic acids is 1. The molecule has 2 heterocycles. The summed E-state index contributed by atoms with van der Waals surface area (Å²) in [5, 5.41) is 7.35. The fraction of sp³-hybridized carbons (Fsp3) is 0.333. The first-order valence-electron chi connectivity index (χ1n) is 9.54. The Labute approximate surface area is 158 Å². The Morgan fingerprint density at radius 1 is 0.926 bits per heavy atom. The van der Waals surface area contributed by atoms with Gasteiger partial charge in [-0.3, -0.25) is 9.78 Å². The van der Waals surface area contributed by atoms with Crippen molar-refractivity contribution in [3.8, 4) is 0 Å². The molecule has 0 spiro atoms. The van der Waals surface area contributed by atoms with Gasteiger partial charge in [-0.15, -0.1) is 0 Å². The Morgan fingerprint density at radius 2 is 1.74 bits per heavy atom. The van der Waals surface area contributed by atoms with Gasteiger partial charge in [0.2, 0.25) is 5.95 Å². The molecule has 1 fully saturated rings. The van der Waals surface area contributed by atoms with Crippen LogP contribution in [0.15, 0.2) is 48.8 Å². The number of nitrogens with zero attached hydrogens (tertiary/aromatic N) is 3. The number of para-hydroxylation sites is 1. The number of anilines is 2. The molecule has 0 atom stereocenters. The molecule has 138 valence electrons. The molecule has 1 aliphatic carbocycles. The minimum atomic E-state index is -0.136. The van der Waals surface area contributed by atoms with E-state index in [0.717, 1.165) is 29.4 Å². The van der Waals surface area contributed by atoms with Crippen LogP contribution in [0.3, 0.4) is 0 Å². The molecule has 6 heteroatoms. The van der Waals surface area contributed by atoms with Crippen molar-refractivity contribution in [2.24, 2.45) is 0 Å². The van der Waals surface area contributed by atoms with E-state index in [2.05, 4.69) is 25.6 Å². The van der Waals surface area contributed by atoms with Gasteiger partial charge in [0.25, 0.3) is 5.91 Å². The van der Waals surface area contributed by atoms with Crippen LogP contribution >= 0.6 is 0 Å². The van der Waals surface area contributed by atoms with Gasteiger partial charge in [-0.05, 0) is 31.0 Å². The molecule has 3 aromatic rings. The van der Waals surface area contributed by atoms with E-state index in [0.29, 0.717) is 11.6 Å². The molecule has 0 saturated heterocycles. The number of pyridine rings is 1. The molecule has 0 unspecified atom stereocenters. The van der Waals surface area contributed by atoms with Crippen molar-refractivity contribution in [2.75, 3.05) is 5.32 Å². The van der Waals surface area contributed by atoms with E-state index in [1.54, 1.807) is 18.5 Å². The quantitative estimate of drug-likeness (QED) is 0.680. The molecule has 1 amide bonds. The molecule has 1 saturated carbocycles. The van der Waals surface area contributed by atoms with Crippen molar-refractivity contribution in [1.82, 2.24) is 20.3 Å². The third-order valence-electron chi connectivity index (χ3n) is 4.96. The lowest BCUT2D eigenvalue weighted by atomic mass is 10.1. The molecule has 0 radical (unpaired) electrons. The van der Waals surface area contributed by atoms with Crippen LogP contribution in [0.5, 0.6) is 0 Å². The normalized spacial score (nSPS) is 15.3. The van der Waals surface area contributed by atoms with Crippen LogP contribution in [0.1, 0.15) is 49.0 Å². The highest BCUT2D eigenvalue weighted by atomic mass is 16.1. The summed E-state index contributed by atoms with van der Waals surface area (Å²) in [6.07, 6.45) is 10.3. The second-order valence-corrected chi connectivity index (χ2v) is 6.93. The Balaban J connectivity index is 1.51. The minimum absolute atomic E-state index is 0.136. The van der Waals surface area contributed by atoms with Crippen molar-refractivity contribution in [2.45, 2.75) is 44.6 Å². The topological polar surface area (TPSA) is 79.8 Å². The minimum Gasteiger partial charge on any atom is -0.348 e. The van der Waals surface area contributed by atoms with E-state index in [9.17, 15) is 4.79 Å². The van der Waals surface area contributed by atoms with E-state index in [-0.39, 0.29) is 11.9 Å². The number of nitrogens with one attached hydrogen (secondary N) is 2. The van der Waals surface area contributed by atoms with Crippen molar-refractivity contribution in [3.63, 3.8) is 0 Å². The Bertz CT molecular complexity index is 929. The smallest absolute Gasteiger partial charge is 0.270 e. The number of carbonyl (C=O) groups is 1. The lowest BCUT2D eigenvalue weighted by Gasteiger charge is -2.16. The second kappa shape index (κ2) is 8.12. The second-order valence-electron chi connectivity index (χ2n) is 6.93. The van der Waals surface area contributed by atoms with Gasteiger partial charge >= 0.3 is 0 Å². The number of amides is 1. The predicted molar refractivity (Wildman–Crippen MR) is 106 cm³/mol. The fourth-order valence-electron chi connectivity index (χ4n) is 3.55.